The maximum Gasteiger partial charge on any atom is 0.0695 e. The first-order chi connectivity index (χ1) is 8.97. The van der Waals surface area contributed by atoms with Crippen molar-refractivity contribution in [2.24, 2.45) is 17.3 Å². The first-order valence-electron chi connectivity index (χ1n) is 8.40. The number of rotatable bonds is 6. The van der Waals surface area contributed by atoms with E-state index >= 15 is 0 Å². The van der Waals surface area contributed by atoms with Gasteiger partial charge in [0, 0.05) is 12.6 Å². The topological polar surface area (TPSA) is 23.5 Å². The summed E-state index contributed by atoms with van der Waals surface area (Å²) >= 11 is 0. The van der Waals surface area contributed by atoms with Crippen LogP contribution in [0.15, 0.2) is 0 Å². The summed E-state index contributed by atoms with van der Waals surface area (Å²) in [6.45, 7) is 11.7. The second kappa shape index (κ2) is 6.13. The standard InChI is InChI=1S/C17H33NO/c1-5-17(3,4)14-9-10-16(19)15(11-14)18(6-2)12-13-7-8-13/h13-16,19H,5-12H2,1-4H3. The molecule has 0 aromatic carbocycles. The average Bonchev–Trinajstić information content (AvgIpc) is 3.20. The molecule has 0 aliphatic heterocycles. The quantitative estimate of drug-likeness (QED) is 0.793. The molecule has 0 aromatic heterocycles. The zero-order chi connectivity index (χ0) is 14.0. The lowest BCUT2D eigenvalue weighted by molar-refractivity contribution is -0.0207. The number of hydrogen-bond donors (Lipinski definition) is 1. The summed E-state index contributed by atoms with van der Waals surface area (Å²) in [4.78, 5) is 2.57. The molecule has 2 rings (SSSR count). The lowest BCUT2D eigenvalue weighted by Crippen LogP contribution is -2.49. The maximum absolute atomic E-state index is 10.4. The third kappa shape index (κ3) is 3.72. The Balaban J connectivity index is 1.99. The molecule has 0 bridgehead atoms. The van der Waals surface area contributed by atoms with Gasteiger partial charge >= 0.3 is 0 Å². The van der Waals surface area contributed by atoms with Gasteiger partial charge in [-0.05, 0) is 55.9 Å². The lowest BCUT2D eigenvalue weighted by atomic mass is 9.67. The molecule has 2 aliphatic carbocycles. The van der Waals surface area contributed by atoms with Gasteiger partial charge in [0.15, 0.2) is 0 Å². The van der Waals surface area contributed by atoms with Gasteiger partial charge in [-0.25, -0.2) is 0 Å². The van der Waals surface area contributed by atoms with Gasteiger partial charge in [-0.1, -0.05) is 34.1 Å². The first-order valence-corrected chi connectivity index (χ1v) is 8.40. The molecule has 2 nitrogen and oxygen atoms in total. The van der Waals surface area contributed by atoms with Crippen LogP contribution in [0.5, 0.6) is 0 Å². The molecule has 2 aliphatic rings. The Hall–Kier alpha value is -0.0800. The predicted molar refractivity (Wildman–Crippen MR) is 81.2 cm³/mol. The van der Waals surface area contributed by atoms with E-state index in [-0.39, 0.29) is 6.10 Å². The molecular weight excluding hydrogens is 234 g/mol. The van der Waals surface area contributed by atoms with Crippen LogP contribution in [0.2, 0.25) is 0 Å². The van der Waals surface area contributed by atoms with E-state index < -0.39 is 0 Å². The summed E-state index contributed by atoms with van der Waals surface area (Å²) < 4.78 is 0. The molecular formula is C17H33NO. The normalized spacial score (nSPS) is 32.8. The second-order valence-corrected chi connectivity index (χ2v) is 7.52. The molecule has 3 unspecified atom stereocenters. The van der Waals surface area contributed by atoms with E-state index in [0.29, 0.717) is 11.5 Å². The summed E-state index contributed by atoms with van der Waals surface area (Å²) in [6, 6.07) is 0.412. The zero-order valence-corrected chi connectivity index (χ0v) is 13.4. The van der Waals surface area contributed by atoms with Crippen LogP contribution in [-0.4, -0.2) is 35.2 Å². The maximum atomic E-state index is 10.4. The van der Waals surface area contributed by atoms with Gasteiger partial charge in [-0.3, -0.25) is 4.90 Å². The minimum Gasteiger partial charge on any atom is -0.391 e. The third-order valence-electron chi connectivity index (χ3n) is 5.86. The fraction of sp³-hybridized carbons (Fsp3) is 1.00. The summed E-state index contributed by atoms with van der Waals surface area (Å²) in [6.07, 6.45) is 7.37. The Morgan fingerprint density at radius 3 is 2.32 bits per heavy atom. The van der Waals surface area contributed by atoms with Gasteiger partial charge < -0.3 is 5.11 Å². The fourth-order valence-electron chi connectivity index (χ4n) is 3.65. The summed E-state index contributed by atoms with van der Waals surface area (Å²) in [7, 11) is 0. The molecule has 2 saturated carbocycles. The van der Waals surface area contributed by atoms with Crippen LogP contribution in [-0.2, 0) is 0 Å². The van der Waals surface area contributed by atoms with Gasteiger partial charge in [0.2, 0.25) is 0 Å². The molecule has 0 radical (unpaired) electrons. The van der Waals surface area contributed by atoms with Gasteiger partial charge in [-0.15, -0.1) is 0 Å². The highest BCUT2D eigenvalue weighted by Crippen LogP contribution is 2.42. The Labute approximate surface area is 119 Å². The van der Waals surface area contributed by atoms with Crippen LogP contribution in [0, 0.1) is 17.3 Å². The third-order valence-corrected chi connectivity index (χ3v) is 5.86. The average molecular weight is 267 g/mol. The van der Waals surface area contributed by atoms with Crippen molar-refractivity contribution in [3.63, 3.8) is 0 Å². The van der Waals surface area contributed by atoms with Crippen molar-refractivity contribution >= 4 is 0 Å². The number of hydrogen-bond acceptors (Lipinski definition) is 2. The number of aliphatic hydroxyl groups excluding tert-OH is 1. The largest absolute Gasteiger partial charge is 0.391 e. The van der Waals surface area contributed by atoms with E-state index in [1.165, 1.54) is 38.6 Å². The van der Waals surface area contributed by atoms with Gasteiger partial charge in [0.05, 0.1) is 6.10 Å². The summed E-state index contributed by atoms with van der Waals surface area (Å²) in [5, 5.41) is 10.4. The second-order valence-electron chi connectivity index (χ2n) is 7.52. The Bertz CT molecular complexity index is 285. The van der Waals surface area contributed by atoms with Crippen molar-refractivity contribution in [3.05, 3.63) is 0 Å². The molecule has 0 aromatic rings. The van der Waals surface area contributed by atoms with Crippen LogP contribution >= 0.6 is 0 Å². The minimum atomic E-state index is -0.0948. The monoisotopic (exact) mass is 267 g/mol. The molecule has 3 atom stereocenters. The minimum absolute atomic E-state index is 0.0948. The van der Waals surface area contributed by atoms with E-state index in [1.54, 1.807) is 0 Å². The van der Waals surface area contributed by atoms with E-state index in [0.717, 1.165) is 24.8 Å². The van der Waals surface area contributed by atoms with Gasteiger partial charge in [0.25, 0.3) is 0 Å². The fourth-order valence-corrected chi connectivity index (χ4v) is 3.65. The van der Waals surface area contributed by atoms with Gasteiger partial charge in [0.1, 0.15) is 0 Å². The summed E-state index contributed by atoms with van der Waals surface area (Å²) in [5.41, 5.74) is 0.428. The molecule has 19 heavy (non-hydrogen) atoms. The predicted octanol–water partition coefficient (Wildman–Crippen LogP) is 3.68. The number of likely N-dealkylation sites (N-methyl/N-ethyl adjacent to an activating group) is 1. The molecule has 1 N–H and O–H groups in total. The highest BCUT2D eigenvalue weighted by atomic mass is 16.3. The van der Waals surface area contributed by atoms with E-state index in [2.05, 4.69) is 32.6 Å². The van der Waals surface area contributed by atoms with Crippen LogP contribution in [0.1, 0.15) is 66.2 Å². The Morgan fingerprint density at radius 2 is 1.79 bits per heavy atom. The molecule has 0 spiro atoms. The summed E-state index contributed by atoms with van der Waals surface area (Å²) in [5.74, 6) is 1.70. The highest BCUT2D eigenvalue weighted by Gasteiger charge is 2.39. The van der Waals surface area contributed by atoms with Crippen molar-refractivity contribution in [3.8, 4) is 0 Å². The van der Waals surface area contributed by atoms with Crippen LogP contribution in [0.3, 0.4) is 0 Å². The van der Waals surface area contributed by atoms with E-state index in [9.17, 15) is 5.11 Å². The van der Waals surface area contributed by atoms with Crippen molar-refractivity contribution in [1.29, 1.82) is 0 Å². The van der Waals surface area contributed by atoms with Crippen molar-refractivity contribution in [2.45, 2.75) is 78.4 Å². The molecule has 2 heteroatoms. The first kappa shape index (κ1) is 15.3. The molecule has 0 saturated heterocycles. The number of aliphatic hydroxyl groups is 1. The van der Waals surface area contributed by atoms with Crippen molar-refractivity contribution < 1.29 is 5.11 Å². The number of nitrogens with zero attached hydrogens (tertiary/aromatic N) is 1. The van der Waals surface area contributed by atoms with Crippen molar-refractivity contribution in [1.82, 2.24) is 4.90 Å². The van der Waals surface area contributed by atoms with Crippen molar-refractivity contribution in [2.75, 3.05) is 13.1 Å². The SMILES string of the molecule is CCN(CC1CC1)C1CC(C(C)(C)CC)CCC1O. The molecule has 0 amide bonds. The van der Waals surface area contributed by atoms with E-state index in [1.807, 2.05) is 0 Å². The van der Waals surface area contributed by atoms with Crippen LogP contribution < -0.4 is 0 Å². The highest BCUT2D eigenvalue weighted by molar-refractivity contribution is 4.92. The van der Waals surface area contributed by atoms with Crippen LogP contribution in [0.4, 0.5) is 0 Å². The van der Waals surface area contributed by atoms with E-state index in [4.69, 9.17) is 0 Å². The smallest absolute Gasteiger partial charge is 0.0695 e. The molecule has 2 fully saturated rings. The van der Waals surface area contributed by atoms with Gasteiger partial charge in [-0.2, -0.15) is 0 Å². The lowest BCUT2D eigenvalue weighted by Gasteiger charge is -2.45. The molecule has 112 valence electrons. The Morgan fingerprint density at radius 1 is 1.11 bits per heavy atom. The zero-order valence-electron chi connectivity index (χ0n) is 13.4. The van der Waals surface area contributed by atoms with Crippen LogP contribution in [0.25, 0.3) is 0 Å². The Kier molecular flexibility index (Phi) is 4.94. The molecule has 0 heterocycles.